The smallest absolute Gasteiger partial charge is 0.128 e. The van der Waals surface area contributed by atoms with Gasteiger partial charge in [-0.05, 0) is 38.6 Å². The highest BCUT2D eigenvalue weighted by molar-refractivity contribution is 5.24. The number of aromatic nitrogens is 2. The maximum atomic E-state index is 5.41. The van der Waals surface area contributed by atoms with Crippen molar-refractivity contribution in [3.63, 3.8) is 0 Å². The molecule has 1 aliphatic carbocycles. The van der Waals surface area contributed by atoms with Crippen LogP contribution in [0.15, 0.2) is 6.20 Å². The monoisotopic (exact) mass is 247 g/mol. The Kier molecular flexibility index (Phi) is 3.57. The highest BCUT2D eigenvalue weighted by Crippen LogP contribution is 2.28. The maximum Gasteiger partial charge on any atom is 0.128 e. The first-order valence-electron chi connectivity index (χ1n) is 6.96. The van der Waals surface area contributed by atoms with E-state index in [1.165, 1.54) is 24.1 Å². The SMILES string of the molecule is CNC1CCCc2nc(CC3CCOC3)ncc21. The number of hydrogen-bond acceptors (Lipinski definition) is 4. The van der Waals surface area contributed by atoms with Gasteiger partial charge >= 0.3 is 0 Å². The van der Waals surface area contributed by atoms with Crippen LogP contribution in [0.5, 0.6) is 0 Å². The molecule has 1 fully saturated rings. The predicted octanol–water partition coefficient (Wildman–Crippen LogP) is 1.65. The molecule has 1 aromatic heterocycles. The van der Waals surface area contributed by atoms with Gasteiger partial charge in [0.25, 0.3) is 0 Å². The first-order valence-corrected chi connectivity index (χ1v) is 6.96. The predicted molar refractivity (Wildman–Crippen MR) is 69.4 cm³/mol. The summed E-state index contributed by atoms with van der Waals surface area (Å²) in [6.07, 6.45) is 7.68. The Morgan fingerprint density at radius 1 is 1.44 bits per heavy atom. The molecule has 2 unspecified atom stereocenters. The van der Waals surface area contributed by atoms with Gasteiger partial charge in [-0.1, -0.05) is 0 Å². The molecule has 1 aliphatic heterocycles. The summed E-state index contributed by atoms with van der Waals surface area (Å²) >= 11 is 0. The van der Waals surface area contributed by atoms with E-state index in [2.05, 4.69) is 10.3 Å². The summed E-state index contributed by atoms with van der Waals surface area (Å²) in [7, 11) is 2.02. The van der Waals surface area contributed by atoms with Gasteiger partial charge in [-0.3, -0.25) is 0 Å². The lowest BCUT2D eigenvalue weighted by Gasteiger charge is -2.24. The van der Waals surface area contributed by atoms with Gasteiger partial charge in [-0.2, -0.15) is 0 Å². The van der Waals surface area contributed by atoms with Crippen LogP contribution in [-0.2, 0) is 17.6 Å². The van der Waals surface area contributed by atoms with Crippen molar-refractivity contribution in [1.82, 2.24) is 15.3 Å². The number of ether oxygens (including phenoxy) is 1. The van der Waals surface area contributed by atoms with Crippen molar-refractivity contribution >= 4 is 0 Å². The van der Waals surface area contributed by atoms with Crippen molar-refractivity contribution < 1.29 is 4.74 Å². The van der Waals surface area contributed by atoms with Crippen LogP contribution in [0.2, 0.25) is 0 Å². The summed E-state index contributed by atoms with van der Waals surface area (Å²) in [5.74, 6) is 1.62. The van der Waals surface area contributed by atoms with Crippen LogP contribution < -0.4 is 5.32 Å². The van der Waals surface area contributed by atoms with E-state index in [0.717, 1.165) is 38.3 Å². The molecule has 2 heterocycles. The van der Waals surface area contributed by atoms with Gasteiger partial charge in [0.2, 0.25) is 0 Å². The largest absolute Gasteiger partial charge is 0.381 e. The van der Waals surface area contributed by atoms with E-state index < -0.39 is 0 Å². The van der Waals surface area contributed by atoms with E-state index in [4.69, 9.17) is 9.72 Å². The summed E-state index contributed by atoms with van der Waals surface area (Å²) in [4.78, 5) is 9.32. The zero-order valence-corrected chi connectivity index (χ0v) is 11.0. The second-order valence-corrected chi connectivity index (χ2v) is 5.36. The highest BCUT2D eigenvalue weighted by atomic mass is 16.5. The summed E-state index contributed by atoms with van der Waals surface area (Å²) in [6, 6.07) is 0.442. The molecule has 18 heavy (non-hydrogen) atoms. The zero-order chi connectivity index (χ0) is 12.4. The van der Waals surface area contributed by atoms with Gasteiger partial charge in [-0.25, -0.2) is 9.97 Å². The van der Waals surface area contributed by atoms with Crippen LogP contribution in [0, 0.1) is 5.92 Å². The van der Waals surface area contributed by atoms with Crippen molar-refractivity contribution in [1.29, 1.82) is 0 Å². The van der Waals surface area contributed by atoms with Gasteiger partial charge in [0.05, 0.1) is 0 Å². The summed E-state index contributed by atoms with van der Waals surface area (Å²) in [5.41, 5.74) is 2.56. The molecule has 0 amide bonds. The lowest BCUT2D eigenvalue weighted by molar-refractivity contribution is 0.185. The van der Waals surface area contributed by atoms with E-state index in [-0.39, 0.29) is 0 Å². The van der Waals surface area contributed by atoms with Crippen molar-refractivity contribution in [3.8, 4) is 0 Å². The van der Waals surface area contributed by atoms with Crippen LogP contribution in [0.1, 0.15) is 42.4 Å². The Balaban J connectivity index is 1.77. The van der Waals surface area contributed by atoms with Gasteiger partial charge < -0.3 is 10.1 Å². The van der Waals surface area contributed by atoms with E-state index in [0.29, 0.717) is 12.0 Å². The number of nitrogens with one attached hydrogen (secondary N) is 1. The van der Waals surface area contributed by atoms with Crippen molar-refractivity contribution in [2.45, 2.75) is 38.1 Å². The maximum absolute atomic E-state index is 5.41. The minimum absolute atomic E-state index is 0.442. The summed E-state index contributed by atoms with van der Waals surface area (Å²) in [5, 5.41) is 3.35. The van der Waals surface area contributed by atoms with Crippen LogP contribution in [0.4, 0.5) is 0 Å². The van der Waals surface area contributed by atoms with Crippen LogP contribution in [0.3, 0.4) is 0 Å². The Morgan fingerprint density at radius 2 is 2.39 bits per heavy atom. The quantitative estimate of drug-likeness (QED) is 0.882. The molecule has 1 N–H and O–H groups in total. The Hall–Kier alpha value is -1.00. The molecule has 2 aliphatic rings. The highest BCUT2D eigenvalue weighted by Gasteiger charge is 2.22. The van der Waals surface area contributed by atoms with Crippen LogP contribution in [-0.4, -0.2) is 30.2 Å². The summed E-state index contributed by atoms with van der Waals surface area (Å²) in [6.45, 7) is 1.77. The molecular formula is C14H21N3O. The fourth-order valence-corrected chi connectivity index (χ4v) is 2.99. The first kappa shape index (κ1) is 12.1. The van der Waals surface area contributed by atoms with E-state index in [9.17, 15) is 0 Å². The third kappa shape index (κ3) is 2.40. The number of fused-ring (bicyclic) bond motifs is 1. The molecule has 4 nitrogen and oxygen atoms in total. The van der Waals surface area contributed by atoms with Gasteiger partial charge in [-0.15, -0.1) is 0 Å². The molecule has 0 aromatic carbocycles. The third-order valence-electron chi connectivity index (χ3n) is 4.08. The number of rotatable bonds is 3. The fraction of sp³-hybridized carbons (Fsp3) is 0.714. The second-order valence-electron chi connectivity index (χ2n) is 5.36. The van der Waals surface area contributed by atoms with E-state index >= 15 is 0 Å². The molecule has 0 saturated carbocycles. The second kappa shape index (κ2) is 5.33. The van der Waals surface area contributed by atoms with Gasteiger partial charge in [0.1, 0.15) is 5.82 Å². The van der Waals surface area contributed by atoms with Crippen molar-refractivity contribution in [3.05, 3.63) is 23.3 Å². The fourth-order valence-electron chi connectivity index (χ4n) is 2.99. The van der Waals surface area contributed by atoms with E-state index in [1.54, 1.807) is 0 Å². The minimum atomic E-state index is 0.442. The average Bonchev–Trinajstić information content (AvgIpc) is 2.90. The summed E-state index contributed by atoms with van der Waals surface area (Å²) < 4.78 is 5.41. The Labute approximate surface area is 108 Å². The lowest BCUT2D eigenvalue weighted by atomic mass is 9.92. The van der Waals surface area contributed by atoms with Gasteiger partial charge in [0.15, 0.2) is 0 Å². The molecule has 1 saturated heterocycles. The lowest BCUT2D eigenvalue weighted by Crippen LogP contribution is -2.23. The first-order chi connectivity index (χ1) is 8.86. The average molecular weight is 247 g/mol. The van der Waals surface area contributed by atoms with Crippen molar-refractivity contribution in [2.75, 3.05) is 20.3 Å². The molecule has 2 atom stereocenters. The molecule has 4 heteroatoms. The Morgan fingerprint density at radius 3 is 3.17 bits per heavy atom. The van der Waals surface area contributed by atoms with Crippen molar-refractivity contribution in [2.24, 2.45) is 5.92 Å². The molecule has 0 radical (unpaired) electrons. The molecule has 1 aromatic rings. The molecule has 98 valence electrons. The minimum Gasteiger partial charge on any atom is -0.381 e. The molecule has 3 rings (SSSR count). The zero-order valence-electron chi connectivity index (χ0n) is 11.0. The third-order valence-corrected chi connectivity index (χ3v) is 4.08. The van der Waals surface area contributed by atoms with Gasteiger partial charge in [0, 0.05) is 43.1 Å². The van der Waals surface area contributed by atoms with Crippen LogP contribution in [0.25, 0.3) is 0 Å². The number of aryl methyl sites for hydroxylation is 1. The molecular weight excluding hydrogens is 226 g/mol. The normalized spacial score (nSPS) is 27.2. The standard InChI is InChI=1S/C14H21N3O/c1-15-12-3-2-4-13-11(12)8-16-14(17-13)7-10-5-6-18-9-10/h8,10,12,15H,2-7,9H2,1H3. The Bertz CT molecular complexity index is 416. The topological polar surface area (TPSA) is 47.0 Å². The molecule has 0 spiro atoms. The number of hydrogen-bond donors (Lipinski definition) is 1. The molecule has 0 bridgehead atoms. The number of nitrogens with zero attached hydrogens (tertiary/aromatic N) is 2. The van der Waals surface area contributed by atoms with Crippen LogP contribution >= 0.6 is 0 Å². The van der Waals surface area contributed by atoms with E-state index in [1.807, 2.05) is 13.2 Å².